The van der Waals surface area contributed by atoms with E-state index in [4.69, 9.17) is 4.74 Å². The van der Waals surface area contributed by atoms with Crippen LogP contribution in [0.25, 0.3) is 0 Å². The molecule has 2 heterocycles. The molecule has 2 unspecified atom stereocenters. The van der Waals surface area contributed by atoms with Crippen LogP contribution < -0.4 is 20.3 Å². The number of aromatic nitrogens is 2. The summed E-state index contributed by atoms with van der Waals surface area (Å²) in [6.45, 7) is 8.10. The number of hydrogen-bond acceptors (Lipinski definition) is 6. The Labute approximate surface area is 177 Å². The van der Waals surface area contributed by atoms with Crippen molar-refractivity contribution in [3.8, 4) is 5.75 Å². The summed E-state index contributed by atoms with van der Waals surface area (Å²) in [4.78, 5) is 36.0. The molecule has 0 saturated carbocycles. The first-order chi connectivity index (χ1) is 14.3. The number of ether oxygens (including phenoxy) is 1. The molecule has 0 spiro atoms. The van der Waals surface area contributed by atoms with Crippen LogP contribution in [-0.2, 0) is 9.59 Å². The van der Waals surface area contributed by atoms with Gasteiger partial charge in [0, 0.05) is 24.4 Å². The molecule has 30 heavy (non-hydrogen) atoms. The van der Waals surface area contributed by atoms with Crippen LogP contribution in [0, 0.1) is 19.8 Å². The lowest BCUT2D eigenvalue weighted by Gasteiger charge is -2.24. The fourth-order valence-corrected chi connectivity index (χ4v) is 3.65. The number of anilines is 2. The molecule has 1 saturated heterocycles. The molecule has 1 aliphatic heterocycles. The number of para-hydroxylation sites is 2. The normalized spacial score (nSPS) is 17.2. The molecule has 3 rings (SSSR count). The Hall–Kier alpha value is -3.16. The van der Waals surface area contributed by atoms with E-state index in [2.05, 4.69) is 20.6 Å². The summed E-state index contributed by atoms with van der Waals surface area (Å²) in [5.41, 5.74) is 2.38. The van der Waals surface area contributed by atoms with Crippen molar-refractivity contribution in [3.05, 3.63) is 41.7 Å². The topological polar surface area (TPSA) is 96.5 Å². The third-order valence-corrected chi connectivity index (χ3v) is 5.06. The molecule has 160 valence electrons. The Balaban J connectivity index is 1.70. The maximum Gasteiger partial charge on any atom is 0.243 e. The van der Waals surface area contributed by atoms with E-state index in [0.29, 0.717) is 23.9 Å². The van der Waals surface area contributed by atoms with E-state index >= 15 is 0 Å². The van der Waals surface area contributed by atoms with E-state index in [1.54, 1.807) is 12.0 Å². The first kappa shape index (κ1) is 21.5. The summed E-state index contributed by atoms with van der Waals surface area (Å²) in [5, 5.41) is 6.17. The Kier molecular flexibility index (Phi) is 6.54. The van der Waals surface area contributed by atoms with Gasteiger partial charge in [0.15, 0.2) is 0 Å². The average molecular weight is 412 g/mol. The number of aryl methyl sites for hydroxylation is 2. The van der Waals surface area contributed by atoms with Gasteiger partial charge in [0.05, 0.1) is 18.8 Å². The number of methoxy groups -OCH3 is 1. The molecule has 0 aliphatic carbocycles. The zero-order valence-electron chi connectivity index (χ0n) is 18.1. The van der Waals surface area contributed by atoms with E-state index in [1.807, 2.05) is 58.0 Å². The van der Waals surface area contributed by atoms with Crippen molar-refractivity contribution in [1.82, 2.24) is 15.3 Å². The van der Waals surface area contributed by atoms with Gasteiger partial charge in [0.25, 0.3) is 0 Å². The Morgan fingerprint density at radius 3 is 2.50 bits per heavy atom. The molecule has 2 aromatic rings. The second kappa shape index (κ2) is 9.11. The minimum atomic E-state index is -0.512. The minimum absolute atomic E-state index is 0.0110. The van der Waals surface area contributed by atoms with Gasteiger partial charge in [0.2, 0.25) is 17.8 Å². The fraction of sp³-hybridized carbons (Fsp3) is 0.455. The molecule has 0 radical (unpaired) electrons. The summed E-state index contributed by atoms with van der Waals surface area (Å²) >= 11 is 0. The van der Waals surface area contributed by atoms with Gasteiger partial charge in [-0.1, -0.05) is 26.0 Å². The van der Waals surface area contributed by atoms with Crippen LogP contribution in [0.3, 0.4) is 0 Å². The number of amides is 2. The van der Waals surface area contributed by atoms with Crippen molar-refractivity contribution in [2.45, 2.75) is 46.2 Å². The number of hydrogen-bond donors (Lipinski definition) is 2. The Bertz CT molecular complexity index is 910. The number of carbonyl (C=O) groups is 2. The molecule has 1 aromatic carbocycles. The Morgan fingerprint density at radius 2 is 1.87 bits per heavy atom. The molecule has 2 atom stereocenters. The molecule has 1 aromatic heterocycles. The van der Waals surface area contributed by atoms with Gasteiger partial charge in [-0.15, -0.1) is 0 Å². The zero-order valence-corrected chi connectivity index (χ0v) is 18.1. The highest BCUT2D eigenvalue weighted by molar-refractivity contribution is 5.98. The summed E-state index contributed by atoms with van der Waals surface area (Å²) in [6.07, 6.45) is 0.245. The number of benzene rings is 1. The SMILES string of the molecule is COc1ccccc1N1CC(NC(=O)C(Nc2nc(C)cc(C)n2)C(C)C)CC1=O. The lowest BCUT2D eigenvalue weighted by atomic mass is 10.0. The third-order valence-electron chi connectivity index (χ3n) is 5.06. The monoisotopic (exact) mass is 411 g/mol. The molecular weight excluding hydrogens is 382 g/mol. The van der Waals surface area contributed by atoms with E-state index in [0.717, 1.165) is 11.4 Å². The third kappa shape index (κ3) is 4.87. The van der Waals surface area contributed by atoms with Gasteiger partial charge < -0.3 is 20.3 Å². The van der Waals surface area contributed by atoms with Crippen LogP contribution in [0.5, 0.6) is 5.75 Å². The van der Waals surface area contributed by atoms with Crippen LogP contribution in [0.4, 0.5) is 11.6 Å². The molecular formula is C22H29N5O3. The summed E-state index contributed by atoms with van der Waals surface area (Å²) in [7, 11) is 1.58. The summed E-state index contributed by atoms with van der Waals surface area (Å²) < 4.78 is 5.37. The van der Waals surface area contributed by atoms with Gasteiger partial charge in [-0.2, -0.15) is 0 Å². The van der Waals surface area contributed by atoms with Crippen molar-refractivity contribution >= 4 is 23.5 Å². The maximum atomic E-state index is 13.0. The number of nitrogens with one attached hydrogen (secondary N) is 2. The average Bonchev–Trinajstić information content (AvgIpc) is 3.04. The van der Waals surface area contributed by atoms with Crippen LogP contribution in [0.1, 0.15) is 31.7 Å². The van der Waals surface area contributed by atoms with E-state index < -0.39 is 6.04 Å². The van der Waals surface area contributed by atoms with E-state index in [9.17, 15) is 9.59 Å². The van der Waals surface area contributed by atoms with Crippen molar-refractivity contribution in [1.29, 1.82) is 0 Å². The number of rotatable bonds is 7. The van der Waals surface area contributed by atoms with Crippen molar-refractivity contribution in [2.75, 3.05) is 23.9 Å². The van der Waals surface area contributed by atoms with Crippen molar-refractivity contribution in [2.24, 2.45) is 5.92 Å². The van der Waals surface area contributed by atoms with Crippen molar-refractivity contribution in [3.63, 3.8) is 0 Å². The predicted molar refractivity (Wildman–Crippen MR) is 116 cm³/mol. The van der Waals surface area contributed by atoms with E-state index in [-0.39, 0.29) is 30.2 Å². The quantitative estimate of drug-likeness (QED) is 0.727. The number of carbonyl (C=O) groups excluding carboxylic acids is 2. The fourth-order valence-electron chi connectivity index (χ4n) is 3.65. The first-order valence-corrected chi connectivity index (χ1v) is 10.1. The van der Waals surface area contributed by atoms with Crippen LogP contribution in [0.15, 0.2) is 30.3 Å². The molecule has 0 bridgehead atoms. The van der Waals surface area contributed by atoms with E-state index in [1.165, 1.54) is 0 Å². The van der Waals surface area contributed by atoms with Gasteiger partial charge >= 0.3 is 0 Å². The molecule has 8 heteroatoms. The summed E-state index contributed by atoms with van der Waals surface area (Å²) in [6, 6.07) is 8.47. The largest absolute Gasteiger partial charge is 0.495 e. The van der Waals surface area contributed by atoms with Crippen LogP contribution in [-0.4, -0.2) is 47.5 Å². The van der Waals surface area contributed by atoms with Crippen LogP contribution >= 0.6 is 0 Å². The highest BCUT2D eigenvalue weighted by atomic mass is 16.5. The maximum absolute atomic E-state index is 13.0. The van der Waals surface area contributed by atoms with Gasteiger partial charge in [-0.05, 0) is 38.0 Å². The van der Waals surface area contributed by atoms with Gasteiger partial charge in [0.1, 0.15) is 11.8 Å². The zero-order chi connectivity index (χ0) is 21.8. The lowest BCUT2D eigenvalue weighted by Crippen LogP contribution is -2.48. The standard InChI is InChI=1S/C22H29N5O3/c1-13(2)20(26-22-23-14(3)10-15(4)24-22)21(29)25-16-11-19(28)27(12-16)17-8-6-7-9-18(17)30-5/h6-10,13,16,20H,11-12H2,1-5H3,(H,25,29)(H,23,24,26). The summed E-state index contributed by atoms with van der Waals surface area (Å²) in [5.74, 6) is 0.854. The van der Waals surface area contributed by atoms with Crippen LogP contribution in [0.2, 0.25) is 0 Å². The van der Waals surface area contributed by atoms with Crippen molar-refractivity contribution < 1.29 is 14.3 Å². The van der Waals surface area contributed by atoms with Gasteiger partial charge in [-0.25, -0.2) is 9.97 Å². The van der Waals surface area contributed by atoms with Gasteiger partial charge in [-0.3, -0.25) is 9.59 Å². The highest BCUT2D eigenvalue weighted by Gasteiger charge is 2.34. The molecule has 1 aliphatic rings. The molecule has 2 N–H and O–H groups in total. The molecule has 8 nitrogen and oxygen atoms in total. The molecule has 2 amide bonds. The molecule has 1 fully saturated rings. The highest BCUT2D eigenvalue weighted by Crippen LogP contribution is 2.31. The first-order valence-electron chi connectivity index (χ1n) is 10.1. The second-order valence-corrected chi connectivity index (χ2v) is 7.93. The smallest absolute Gasteiger partial charge is 0.243 e. The minimum Gasteiger partial charge on any atom is -0.495 e. The lowest BCUT2D eigenvalue weighted by molar-refractivity contribution is -0.123. The second-order valence-electron chi connectivity index (χ2n) is 7.93. The number of nitrogens with zero attached hydrogens (tertiary/aromatic N) is 3. The predicted octanol–water partition coefficient (Wildman–Crippen LogP) is 2.46. The Morgan fingerprint density at radius 1 is 1.20 bits per heavy atom.